The second-order valence-electron chi connectivity index (χ2n) is 6.94. The molecule has 2 N–H and O–H groups in total. The number of hydrogen-bond donors (Lipinski definition) is 2. The van der Waals surface area contributed by atoms with Gasteiger partial charge in [0.15, 0.2) is 0 Å². The van der Waals surface area contributed by atoms with Crippen LogP contribution < -0.4 is 10.6 Å². The fourth-order valence-electron chi connectivity index (χ4n) is 4.16. The third-order valence-corrected chi connectivity index (χ3v) is 5.34. The Labute approximate surface area is 149 Å². The summed E-state index contributed by atoms with van der Waals surface area (Å²) in [5, 5.41) is 6.49. The van der Waals surface area contributed by atoms with E-state index in [1.165, 1.54) is 0 Å². The van der Waals surface area contributed by atoms with Gasteiger partial charge in [-0.05, 0) is 32.6 Å². The van der Waals surface area contributed by atoms with Crippen LogP contribution >= 0.6 is 0 Å². The highest BCUT2D eigenvalue weighted by Crippen LogP contribution is 2.36. The molecule has 3 fully saturated rings. The molecule has 0 saturated carbocycles. The van der Waals surface area contributed by atoms with E-state index in [1.54, 1.807) is 4.90 Å². The quantitative estimate of drug-likeness (QED) is 0.713. The lowest BCUT2D eigenvalue weighted by molar-refractivity contribution is 0.0531. The van der Waals surface area contributed by atoms with Crippen LogP contribution in [0.15, 0.2) is 0 Å². The number of carbonyl (C=O) groups is 2. The van der Waals surface area contributed by atoms with Crippen LogP contribution in [0.2, 0.25) is 0 Å². The number of hydrogen-bond acceptors (Lipinski definition) is 5. The van der Waals surface area contributed by atoms with Gasteiger partial charge in [-0.25, -0.2) is 9.59 Å². The van der Waals surface area contributed by atoms with Gasteiger partial charge in [-0.15, -0.1) is 0 Å². The van der Waals surface area contributed by atoms with Crippen LogP contribution in [0.5, 0.6) is 0 Å². The van der Waals surface area contributed by atoms with E-state index in [0.29, 0.717) is 57.6 Å². The van der Waals surface area contributed by atoms with E-state index < -0.39 is 0 Å². The zero-order valence-electron chi connectivity index (χ0n) is 15.0. The predicted molar refractivity (Wildman–Crippen MR) is 92.5 cm³/mol. The van der Waals surface area contributed by atoms with Crippen LogP contribution in [0, 0.1) is 0 Å². The minimum Gasteiger partial charge on any atom is -0.450 e. The molecule has 3 aliphatic heterocycles. The summed E-state index contributed by atoms with van der Waals surface area (Å²) in [6.07, 6.45) is 3.90. The van der Waals surface area contributed by atoms with Crippen LogP contribution in [-0.4, -0.2) is 86.0 Å². The monoisotopic (exact) mass is 354 g/mol. The zero-order chi connectivity index (χ0) is 17.6. The summed E-state index contributed by atoms with van der Waals surface area (Å²) in [5.41, 5.74) is 0. The maximum atomic E-state index is 12.1. The Balaban J connectivity index is 1.35. The number of fused-ring (bicyclic) bond motifs is 2. The van der Waals surface area contributed by atoms with Gasteiger partial charge in [0.05, 0.1) is 19.8 Å². The molecule has 0 aromatic heterocycles. The Morgan fingerprint density at radius 3 is 2.44 bits per heavy atom. The Kier molecular flexibility index (Phi) is 6.36. The second-order valence-corrected chi connectivity index (χ2v) is 6.94. The van der Waals surface area contributed by atoms with Gasteiger partial charge in [-0.2, -0.15) is 0 Å². The SMILES string of the molecule is CCOC(=O)N1[C@@H]2CC[C@H]1CC(NCCNC(=O)N1CCOCC1)C2. The van der Waals surface area contributed by atoms with Crippen LogP contribution in [0.4, 0.5) is 9.59 Å². The van der Waals surface area contributed by atoms with Gasteiger partial charge < -0.3 is 29.9 Å². The van der Waals surface area contributed by atoms with Gasteiger partial charge >= 0.3 is 12.1 Å². The van der Waals surface area contributed by atoms with Crippen molar-refractivity contribution in [3.8, 4) is 0 Å². The van der Waals surface area contributed by atoms with Crippen molar-refractivity contribution in [3.63, 3.8) is 0 Å². The summed E-state index contributed by atoms with van der Waals surface area (Å²) in [7, 11) is 0. The molecule has 142 valence electrons. The van der Waals surface area contributed by atoms with Gasteiger partial charge in [0.2, 0.25) is 0 Å². The van der Waals surface area contributed by atoms with Crippen LogP contribution in [0.1, 0.15) is 32.6 Å². The summed E-state index contributed by atoms with van der Waals surface area (Å²) >= 11 is 0. The second kappa shape index (κ2) is 8.71. The van der Waals surface area contributed by atoms with E-state index in [-0.39, 0.29) is 12.1 Å². The Hall–Kier alpha value is -1.54. The zero-order valence-corrected chi connectivity index (χ0v) is 15.0. The van der Waals surface area contributed by atoms with Crippen molar-refractivity contribution in [1.29, 1.82) is 0 Å². The maximum Gasteiger partial charge on any atom is 0.410 e. The van der Waals surface area contributed by atoms with Crippen LogP contribution in [0.25, 0.3) is 0 Å². The standard InChI is InChI=1S/C17H30N4O4/c1-2-25-17(23)21-14-3-4-15(21)12-13(11-14)18-5-6-19-16(22)20-7-9-24-10-8-20/h13-15,18H,2-12H2,1H3,(H,19,22)/t13?,14-,15+. The molecule has 0 radical (unpaired) electrons. The molecule has 3 atom stereocenters. The molecule has 8 nitrogen and oxygen atoms in total. The highest BCUT2D eigenvalue weighted by molar-refractivity contribution is 5.74. The molecule has 2 bridgehead atoms. The average Bonchev–Trinajstić information content (AvgIpc) is 2.90. The molecule has 8 heteroatoms. The molecule has 0 aromatic carbocycles. The van der Waals surface area contributed by atoms with Crippen molar-refractivity contribution >= 4 is 12.1 Å². The van der Waals surface area contributed by atoms with Crippen molar-refractivity contribution in [3.05, 3.63) is 0 Å². The highest BCUT2D eigenvalue weighted by Gasteiger charge is 2.43. The fraction of sp³-hybridized carbons (Fsp3) is 0.882. The van der Waals surface area contributed by atoms with E-state index in [0.717, 1.165) is 32.2 Å². The number of nitrogens with zero attached hydrogens (tertiary/aromatic N) is 2. The molecule has 3 amide bonds. The number of rotatable bonds is 5. The normalized spacial score (nSPS) is 28.8. The average molecular weight is 354 g/mol. The van der Waals surface area contributed by atoms with Gasteiger partial charge in [0.25, 0.3) is 0 Å². The maximum absolute atomic E-state index is 12.1. The predicted octanol–water partition coefficient (Wildman–Crippen LogP) is 0.770. The highest BCUT2D eigenvalue weighted by atomic mass is 16.6. The lowest BCUT2D eigenvalue weighted by atomic mass is 9.98. The molecular formula is C17H30N4O4. The molecule has 0 aromatic rings. The van der Waals surface area contributed by atoms with Crippen molar-refractivity contribution in [2.24, 2.45) is 0 Å². The lowest BCUT2D eigenvalue weighted by Gasteiger charge is -2.38. The number of piperidine rings is 1. The van der Waals surface area contributed by atoms with Gasteiger partial charge in [0, 0.05) is 44.3 Å². The first-order valence-corrected chi connectivity index (χ1v) is 9.48. The minimum atomic E-state index is -0.161. The van der Waals surface area contributed by atoms with E-state index in [1.807, 2.05) is 11.8 Å². The number of carbonyl (C=O) groups excluding carboxylic acids is 2. The first-order valence-electron chi connectivity index (χ1n) is 9.48. The van der Waals surface area contributed by atoms with Gasteiger partial charge in [0.1, 0.15) is 0 Å². The van der Waals surface area contributed by atoms with Crippen molar-refractivity contribution < 1.29 is 19.1 Å². The summed E-state index contributed by atoms with van der Waals surface area (Å²) in [5.74, 6) is 0. The Morgan fingerprint density at radius 1 is 1.12 bits per heavy atom. The number of nitrogens with one attached hydrogen (secondary N) is 2. The summed E-state index contributed by atoms with van der Waals surface area (Å²) in [6.45, 7) is 6.20. The number of amides is 3. The third-order valence-electron chi connectivity index (χ3n) is 5.34. The van der Waals surface area contributed by atoms with E-state index in [4.69, 9.17) is 9.47 Å². The third kappa shape index (κ3) is 4.55. The molecular weight excluding hydrogens is 324 g/mol. The molecule has 1 unspecified atom stereocenters. The summed E-state index contributed by atoms with van der Waals surface area (Å²) in [6, 6.07) is 0.974. The van der Waals surface area contributed by atoms with Crippen molar-refractivity contribution in [1.82, 2.24) is 20.4 Å². The van der Waals surface area contributed by atoms with Gasteiger partial charge in [-0.1, -0.05) is 0 Å². The topological polar surface area (TPSA) is 83.1 Å². The van der Waals surface area contributed by atoms with E-state index >= 15 is 0 Å². The summed E-state index contributed by atoms with van der Waals surface area (Å²) in [4.78, 5) is 27.8. The largest absolute Gasteiger partial charge is 0.450 e. The minimum absolute atomic E-state index is 0.0118. The van der Waals surface area contributed by atoms with Crippen LogP contribution in [-0.2, 0) is 9.47 Å². The molecule has 25 heavy (non-hydrogen) atoms. The first-order chi connectivity index (χ1) is 12.2. The van der Waals surface area contributed by atoms with Crippen LogP contribution in [0.3, 0.4) is 0 Å². The smallest absolute Gasteiger partial charge is 0.410 e. The van der Waals surface area contributed by atoms with Crippen molar-refractivity contribution in [2.45, 2.75) is 50.7 Å². The number of urea groups is 1. The van der Waals surface area contributed by atoms with E-state index in [2.05, 4.69) is 10.6 Å². The van der Waals surface area contributed by atoms with Crippen molar-refractivity contribution in [2.75, 3.05) is 46.0 Å². The number of morpholine rings is 1. The molecule has 3 rings (SSSR count). The Morgan fingerprint density at radius 2 is 1.80 bits per heavy atom. The molecule has 0 spiro atoms. The lowest BCUT2D eigenvalue weighted by Crippen LogP contribution is -2.53. The molecule has 0 aliphatic carbocycles. The Bertz CT molecular complexity index is 456. The molecule has 3 aliphatic rings. The van der Waals surface area contributed by atoms with E-state index in [9.17, 15) is 9.59 Å². The fourth-order valence-corrected chi connectivity index (χ4v) is 4.16. The summed E-state index contributed by atoms with van der Waals surface area (Å²) < 4.78 is 10.4. The number of ether oxygens (including phenoxy) is 2. The first kappa shape index (κ1) is 18.3. The van der Waals surface area contributed by atoms with Gasteiger partial charge in [-0.3, -0.25) is 0 Å². The molecule has 3 heterocycles. The molecule has 3 saturated heterocycles.